The Balaban J connectivity index is 1.58. The first-order chi connectivity index (χ1) is 12.5. The molecule has 6 heteroatoms. The Labute approximate surface area is 157 Å². The molecule has 1 aliphatic heterocycles. The molecular formula is C20H20ClFN2O2. The summed E-state index contributed by atoms with van der Waals surface area (Å²) >= 11 is 5.87. The van der Waals surface area contributed by atoms with E-state index in [2.05, 4.69) is 0 Å². The van der Waals surface area contributed by atoms with E-state index in [4.69, 9.17) is 11.6 Å². The fourth-order valence-corrected chi connectivity index (χ4v) is 3.16. The molecular weight excluding hydrogens is 355 g/mol. The first-order valence-corrected chi connectivity index (χ1v) is 8.98. The zero-order valence-corrected chi connectivity index (χ0v) is 15.1. The summed E-state index contributed by atoms with van der Waals surface area (Å²) in [4.78, 5) is 28.7. The fraction of sp³-hybridized carbons (Fsp3) is 0.300. The molecule has 3 rings (SSSR count). The molecule has 1 fully saturated rings. The van der Waals surface area contributed by atoms with Crippen molar-refractivity contribution in [2.75, 3.05) is 26.2 Å². The second kappa shape index (κ2) is 8.32. The van der Waals surface area contributed by atoms with Crippen molar-refractivity contribution in [3.8, 4) is 0 Å². The van der Waals surface area contributed by atoms with Crippen molar-refractivity contribution in [1.82, 2.24) is 9.80 Å². The molecule has 1 aliphatic rings. The van der Waals surface area contributed by atoms with E-state index in [1.165, 1.54) is 12.1 Å². The molecule has 0 saturated carbocycles. The van der Waals surface area contributed by atoms with Crippen LogP contribution in [0.5, 0.6) is 0 Å². The Morgan fingerprint density at radius 3 is 2.19 bits per heavy atom. The maximum absolute atomic E-state index is 13.0. The molecule has 0 spiro atoms. The summed E-state index contributed by atoms with van der Waals surface area (Å²) < 4.78 is 13.0. The number of hydrogen-bond acceptors (Lipinski definition) is 2. The molecule has 26 heavy (non-hydrogen) atoms. The lowest BCUT2D eigenvalue weighted by Crippen LogP contribution is -2.38. The number of carbonyl (C=O) groups excluding carboxylic acids is 2. The SMILES string of the molecule is O=C(Cc1ccc(F)cc1)N1CCCN(C(=O)c2ccc(Cl)cc2)CC1. The minimum atomic E-state index is -0.313. The van der Waals surface area contributed by atoms with E-state index in [1.807, 2.05) is 0 Å². The van der Waals surface area contributed by atoms with Crippen molar-refractivity contribution in [2.45, 2.75) is 12.8 Å². The summed E-state index contributed by atoms with van der Waals surface area (Å²) in [6, 6.07) is 12.8. The predicted octanol–water partition coefficient (Wildman–Crippen LogP) is 3.40. The van der Waals surface area contributed by atoms with Gasteiger partial charge < -0.3 is 9.80 Å². The normalized spacial score (nSPS) is 14.8. The van der Waals surface area contributed by atoms with Crippen LogP contribution in [0.15, 0.2) is 48.5 Å². The van der Waals surface area contributed by atoms with Crippen LogP contribution in [0.1, 0.15) is 22.3 Å². The molecule has 0 aliphatic carbocycles. The van der Waals surface area contributed by atoms with Crippen LogP contribution in [0.4, 0.5) is 4.39 Å². The molecule has 1 saturated heterocycles. The van der Waals surface area contributed by atoms with Crippen LogP contribution in [0, 0.1) is 5.82 Å². The minimum Gasteiger partial charge on any atom is -0.341 e. The molecule has 0 unspecified atom stereocenters. The van der Waals surface area contributed by atoms with Crippen LogP contribution in [-0.2, 0) is 11.2 Å². The first-order valence-electron chi connectivity index (χ1n) is 8.60. The second-order valence-electron chi connectivity index (χ2n) is 6.34. The number of halogens is 2. The van der Waals surface area contributed by atoms with Gasteiger partial charge in [-0.15, -0.1) is 0 Å². The minimum absolute atomic E-state index is 0.00241. The number of amides is 2. The molecule has 4 nitrogen and oxygen atoms in total. The molecule has 2 aromatic carbocycles. The number of benzene rings is 2. The van der Waals surface area contributed by atoms with Gasteiger partial charge in [0.25, 0.3) is 5.91 Å². The van der Waals surface area contributed by atoms with Gasteiger partial charge in [0.05, 0.1) is 6.42 Å². The van der Waals surface area contributed by atoms with E-state index >= 15 is 0 Å². The summed E-state index contributed by atoms with van der Waals surface area (Å²) in [5.74, 6) is -0.362. The topological polar surface area (TPSA) is 40.6 Å². The number of hydrogen-bond donors (Lipinski definition) is 0. The summed E-state index contributed by atoms with van der Waals surface area (Å²) in [7, 11) is 0. The molecule has 0 atom stereocenters. The zero-order valence-electron chi connectivity index (χ0n) is 14.3. The maximum atomic E-state index is 13.0. The van der Waals surface area contributed by atoms with Crippen molar-refractivity contribution < 1.29 is 14.0 Å². The Hall–Kier alpha value is -2.40. The fourth-order valence-electron chi connectivity index (χ4n) is 3.03. The van der Waals surface area contributed by atoms with E-state index in [1.54, 1.807) is 46.2 Å². The van der Waals surface area contributed by atoms with Gasteiger partial charge in [0, 0.05) is 36.8 Å². The largest absolute Gasteiger partial charge is 0.341 e. The Morgan fingerprint density at radius 1 is 0.885 bits per heavy atom. The van der Waals surface area contributed by atoms with Crippen LogP contribution in [0.2, 0.25) is 5.02 Å². The Bertz CT molecular complexity index is 777. The number of rotatable bonds is 3. The van der Waals surface area contributed by atoms with Gasteiger partial charge in [-0.05, 0) is 48.4 Å². The van der Waals surface area contributed by atoms with Crippen molar-refractivity contribution in [2.24, 2.45) is 0 Å². The van der Waals surface area contributed by atoms with Crippen LogP contribution in [0.3, 0.4) is 0 Å². The van der Waals surface area contributed by atoms with Crippen LogP contribution >= 0.6 is 11.6 Å². The number of carbonyl (C=O) groups is 2. The van der Waals surface area contributed by atoms with E-state index in [0.717, 1.165) is 12.0 Å². The van der Waals surface area contributed by atoms with Gasteiger partial charge in [0.15, 0.2) is 0 Å². The molecule has 2 amide bonds. The number of nitrogens with zero attached hydrogens (tertiary/aromatic N) is 2. The van der Waals surface area contributed by atoms with E-state index in [0.29, 0.717) is 36.8 Å². The third-order valence-corrected chi connectivity index (χ3v) is 4.75. The van der Waals surface area contributed by atoms with Gasteiger partial charge in [-0.2, -0.15) is 0 Å². The van der Waals surface area contributed by atoms with E-state index < -0.39 is 0 Å². The smallest absolute Gasteiger partial charge is 0.253 e. The molecule has 0 aromatic heterocycles. The molecule has 0 bridgehead atoms. The van der Waals surface area contributed by atoms with Gasteiger partial charge in [-0.25, -0.2) is 4.39 Å². The molecule has 0 radical (unpaired) electrons. The summed E-state index contributed by atoms with van der Waals surface area (Å²) in [6.07, 6.45) is 0.972. The molecule has 2 aromatic rings. The van der Waals surface area contributed by atoms with Gasteiger partial charge in [0.1, 0.15) is 5.82 Å². The molecule has 1 heterocycles. The van der Waals surface area contributed by atoms with E-state index in [-0.39, 0.29) is 24.1 Å². The lowest BCUT2D eigenvalue weighted by Gasteiger charge is -2.22. The summed E-state index contributed by atoms with van der Waals surface area (Å²) in [6.45, 7) is 2.22. The lowest BCUT2D eigenvalue weighted by molar-refractivity contribution is -0.130. The third-order valence-electron chi connectivity index (χ3n) is 4.50. The van der Waals surface area contributed by atoms with Gasteiger partial charge in [-0.1, -0.05) is 23.7 Å². The predicted molar refractivity (Wildman–Crippen MR) is 98.7 cm³/mol. The Morgan fingerprint density at radius 2 is 1.50 bits per heavy atom. The van der Waals surface area contributed by atoms with Crippen LogP contribution in [-0.4, -0.2) is 47.8 Å². The van der Waals surface area contributed by atoms with E-state index in [9.17, 15) is 14.0 Å². The molecule has 0 N–H and O–H groups in total. The van der Waals surface area contributed by atoms with Gasteiger partial charge >= 0.3 is 0 Å². The van der Waals surface area contributed by atoms with Gasteiger partial charge in [0.2, 0.25) is 5.91 Å². The lowest BCUT2D eigenvalue weighted by atomic mass is 10.1. The molecule has 136 valence electrons. The standard InChI is InChI=1S/C20H20ClFN2O2/c21-17-6-4-16(5-7-17)20(26)24-11-1-10-23(12-13-24)19(25)14-15-2-8-18(22)9-3-15/h2-9H,1,10-14H2. The quantitative estimate of drug-likeness (QED) is 0.826. The van der Waals surface area contributed by atoms with Gasteiger partial charge in [-0.3, -0.25) is 9.59 Å². The average Bonchev–Trinajstić information content (AvgIpc) is 2.90. The Kier molecular flexibility index (Phi) is 5.89. The van der Waals surface area contributed by atoms with Crippen LogP contribution < -0.4 is 0 Å². The second-order valence-corrected chi connectivity index (χ2v) is 6.77. The monoisotopic (exact) mass is 374 g/mol. The maximum Gasteiger partial charge on any atom is 0.253 e. The van der Waals surface area contributed by atoms with Crippen molar-refractivity contribution in [1.29, 1.82) is 0 Å². The summed E-state index contributed by atoms with van der Waals surface area (Å²) in [5.41, 5.74) is 1.38. The van der Waals surface area contributed by atoms with Crippen molar-refractivity contribution in [3.63, 3.8) is 0 Å². The highest BCUT2D eigenvalue weighted by molar-refractivity contribution is 6.30. The average molecular weight is 375 g/mol. The highest BCUT2D eigenvalue weighted by Gasteiger charge is 2.22. The van der Waals surface area contributed by atoms with Crippen LogP contribution in [0.25, 0.3) is 0 Å². The zero-order chi connectivity index (χ0) is 18.5. The summed E-state index contributed by atoms with van der Waals surface area (Å²) in [5, 5.41) is 0.593. The van der Waals surface area contributed by atoms with Crippen molar-refractivity contribution >= 4 is 23.4 Å². The first kappa shape index (κ1) is 18.4. The van der Waals surface area contributed by atoms with Crippen molar-refractivity contribution in [3.05, 3.63) is 70.5 Å². The highest BCUT2D eigenvalue weighted by Crippen LogP contribution is 2.14. The highest BCUT2D eigenvalue weighted by atomic mass is 35.5. The third kappa shape index (κ3) is 4.61.